The topological polar surface area (TPSA) is 102 Å². The summed E-state index contributed by atoms with van der Waals surface area (Å²) in [5, 5.41) is 4.19. The molecule has 0 aliphatic heterocycles. The van der Waals surface area contributed by atoms with Gasteiger partial charge < -0.3 is 5.73 Å². The van der Waals surface area contributed by atoms with Gasteiger partial charge in [-0.15, -0.1) is 0 Å². The summed E-state index contributed by atoms with van der Waals surface area (Å²) >= 11 is 1.34. The quantitative estimate of drug-likeness (QED) is 0.430. The normalized spacial score (nSPS) is 11.0. The molecular formula is C16H13N5O2S. The van der Waals surface area contributed by atoms with Crippen molar-refractivity contribution in [3.8, 4) is 0 Å². The smallest absolute Gasteiger partial charge is 0.332 e. The Kier molecular flexibility index (Phi) is 4.57. The molecule has 8 heteroatoms. The van der Waals surface area contributed by atoms with E-state index in [9.17, 15) is 9.59 Å². The minimum Gasteiger partial charge on any atom is -0.350 e. The van der Waals surface area contributed by atoms with Crippen LogP contribution in [0.15, 0.2) is 74.5 Å². The van der Waals surface area contributed by atoms with Gasteiger partial charge in [-0.05, 0) is 24.3 Å². The summed E-state index contributed by atoms with van der Waals surface area (Å²) in [6, 6.07) is 14.0. The summed E-state index contributed by atoms with van der Waals surface area (Å²) in [7, 11) is 0. The molecule has 0 unspecified atom stereocenters. The molecule has 0 fully saturated rings. The predicted molar refractivity (Wildman–Crippen MR) is 92.3 cm³/mol. The van der Waals surface area contributed by atoms with E-state index in [1.165, 1.54) is 22.4 Å². The van der Waals surface area contributed by atoms with Crippen LogP contribution < -0.4 is 16.7 Å². The van der Waals surface area contributed by atoms with Gasteiger partial charge in [-0.1, -0.05) is 36.0 Å². The van der Waals surface area contributed by atoms with Gasteiger partial charge in [0, 0.05) is 11.1 Å². The number of primary amides is 1. The maximum Gasteiger partial charge on any atom is 0.332 e. The Balaban J connectivity index is 2.12. The van der Waals surface area contributed by atoms with Crippen LogP contribution in [0.25, 0.3) is 5.65 Å². The second-order valence-corrected chi connectivity index (χ2v) is 5.78. The van der Waals surface area contributed by atoms with E-state index < -0.39 is 6.03 Å². The molecule has 2 aromatic heterocycles. The van der Waals surface area contributed by atoms with Crippen LogP contribution in [0.2, 0.25) is 0 Å². The largest absolute Gasteiger partial charge is 0.350 e. The molecule has 0 saturated heterocycles. The first-order valence-corrected chi connectivity index (χ1v) is 7.79. The molecule has 2 amide bonds. The third kappa shape index (κ3) is 3.44. The van der Waals surface area contributed by atoms with Crippen molar-refractivity contribution in [2.45, 2.75) is 9.92 Å². The Hall–Kier alpha value is -3.13. The molecule has 2 heterocycles. The van der Waals surface area contributed by atoms with Crippen LogP contribution in [0.5, 0.6) is 0 Å². The molecule has 0 bridgehead atoms. The fraction of sp³-hybridized carbons (Fsp3) is 0. The third-order valence-electron chi connectivity index (χ3n) is 3.06. The van der Waals surface area contributed by atoms with Gasteiger partial charge in [-0.25, -0.2) is 15.2 Å². The van der Waals surface area contributed by atoms with E-state index in [-0.39, 0.29) is 11.1 Å². The molecule has 0 radical (unpaired) electrons. The number of nitrogens with one attached hydrogen (secondary N) is 1. The predicted octanol–water partition coefficient (Wildman–Crippen LogP) is 1.85. The van der Waals surface area contributed by atoms with Crippen molar-refractivity contribution in [2.24, 2.45) is 10.8 Å². The van der Waals surface area contributed by atoms with Crippen molar-refractivity contribution in [1.29, 1.82) is 0 Å². The van der Waals surface area contributed by atoms with Crippen LogP contribution in [0.4, 0.5) is 4.79 Å². The highest BCUT2D eigenvalue weighted by Crippen LogP contribution is 2.27. The molecule has 0 spiro atoms. The summed E-state index contributed by atoms with van der Waals surface area (Å²) in [5.41, 5.74) is 7.57. The molecule has 0 aliphatic carbocycles. The van der Waals surface area contributed by atoms with Crippen LogP contribution in [-0.2, 0) is 0 Å². The lowest BCUT2D eigenvalue weighted by molar-refractivity contribution is 0.249. The van der Waals surface area contributed by atoms with E-state index in [2.05, 4.69) is 15.5 Å². The number of nitrogens with zero attached hydrogens (tertiary/aromatic N) is 3. The molecule has 0 saturated carbocycles. The van der Waals surface area contributed by atoms with Gasteiger partial charge >= 0.3 is 6.03 Å². The highest BCUT2D eigenvalue weighted by Gasteiger charge is 2.12. The number of amides is 2. The molecule has 0 atom stereocenters. The highest BCUT2D eigenvalue weighted by molar-refractivity contribution is 7.99. The highest BCUT2D eigenvalue weighted by atomic mass is 32.2. The zero-order valence-corrected chi connectivity index (χ0v) is 13.2. The van der Waals surface area contributed by atoms with E-state index in [1.54, 1.807) is 24.4 Å². The Morgan fingerprint density at radius 1 is 1.21 bits per heavy atom. The van der Waals surface area contributed by atoms with Gasteiger partial charge in [0.15, 0.2) is 0 Å². The van der Waals surface area contributed by atoms with Crippen molar-refractivity contribution >= 4 is 29.7 Å². The molecule has 120 valence electrons. The molecule has 0 aliphatic rings. The number of rotatable bonds is 4. The van der Waals surface area contributed by atoms with Crippen molar-refractivity contribution in [2.75, 3.05) is 0 Å². The zero-order chi connectivity index (χ0) is 16.9. The molecule has 3 rings (SSSR count). The van der Waals surface area contributed by atoms with Gasteiger partial charge in [-0.3, -0.25) is 9.20 Å². The van der Waals surface area contributed by atoms with Crippen LogP contribution >= 0.6 is 11.8 Å². The van der Waals surface area contributed by atoms with Crippen LogP contribution in [0, 0.1) is 0 Å². The standard InChI is InChI=1S/C16H13N5O2S/c17-16(23)20-18-10-12-14(24-11-6-2-1-3-7-11)19-13-8-4-5-9-21(13)15(12)22/h1-10H,(H3,17,20,23). The first-order chi connectivity index (χ1) is 11.6. The van der Waals surface area contributed by atoms with Gasteiger partial charge in [-0.2, -0.15) is 5.10 Å². The van der Waals surface area contributed by atoms with E-state index >= 15 is 0 Å². The molecule has 24 heavy (non-hydrogen) atoms. The van der Waals surface area contributed by atoms with Gasteiger partial charge in [0.25, 0.3) is 5.56 Å². The number of hydrogen-bond donors (Lipinski definition) is 2. The number of hydrazone groups is 1. The fourth-order valence-corrected chi connectivity index (χ4v) is 2.94. The van der Waals surface area contributed by atoms with Crippen molar-refractivity contribution < 1.29 is 4.79 Å². The number of carbonyl (C=O) groups is 1. The Morgan fingerprint density at radius 3 is 2.71 bits per heavy atom. The van der Waals surface area contributed by atoms with E-state index in [1.807, 2.05) is 30.3 Å². The number of fused-ring (bicyclic) bond motifs is 1. The molecule has 1 aromatic carbocycles. The van der Waals surface area contributed by atoms with Gasteiger partial charge in [0.1, 0.15) is 10.7 Å². The minimum absolute atomic E-state index is 0.265. The number of hydrogen-bond acceptors (Lipinski definition) is 5. The van der Waals surface area contributed by atoms with Gasteiger partial charge in [0.2, 0.25) is 0 Å². The summed E-state index contributed by atoms with van der Waals surface area (Å²) in [4.78, 5) is 28.9. The monoisotopic (exact) mass is 339 g/mol. The number of pyridine rings is 1. The minimum atomic E-state index is -0.808. The summed E-state index contributed by atoms with van der Waals surface area (Å²) < 4.78 is 1.42. The number of urea groups is 1. The first-order valence-electron chi connectivity index (χ1n) is 6.98. The summed E-state index contributed by atoms with van der Waals surface area (Å²) in [5.74, 6) is 0. The number of aromatic nitrogens is 2. The maximum atomic E-state index is 12.7. The van der Waals surface area contributed by atoms with Crippen molar-refractivity contribution in [1.82, 2.24) is 14.8 Å². The van der Waals surface area contributed by atoms with E-state index in [0.717, 1.165) is 4.90 Å². The van der Waals surface area contributed by atoms with Crippen molar-refractivity contribution in [3.05, 3.63) is 70.6 Å². The molecular weight excluding hydrogens is 326 g/mol. The zero-order valence-electron chi connectivity index (χ0n) is 12.4. The van der Waals surface area contributed by atoms with Crippen LogP contribution in [0.1, 0.15) is 5.56 Å². The molecule has 7 nitrogen and oxygen atoms in total. The van der Waals surface area contributed by atoms with Crippen molar-refractivity contribution in [3.63, 3.8) is 0 Å². The second kappa shape index (κ2) is 6.97. The Labute approximate surface area is 141 Å². The van der Waals surface area contributed by atoms with E-state index in [4.69, 9.17) is 5.73 Å². The average molecular weight is 339 g/mol. The number of benzene rings is 1. The SMILES string of the molecule is NC(=O)NN=Cc1c(Sc2ccccc2)nc2ccccn2c1=O. The second-order valence-electron chi connectivity index (χ2n) is 4.71. The summed E-state index contributed by atoms with van der Waals surface area (Å²) in [6.45, 7) is 0. The van der Waals surface area contributed by atoms with Crippen LogP contribution in [-0.4, -0.2) is 21.6 Å². The molecule has 3 N–H and O–H groups in total. The van der Waals surface area contributed by atoms with Crippen LogP contribution in [0.3, 0.4) is 0 Å². The third-order valence-corrected chi connectivity index (χ3v) is 4.07. The maximum absolute atomic E-state index is 12.7. The number of nitrogens with two attached hydrogens (primary N) is 1. The lowest BCUT2D eigenvalue weighted by Gasteiger charge is -2.07. The first kappa shape index (κ1) is 15.8. The Morgan fingerprint density at radius 2 is 1.96 bits per heavy atom. The van der Waals surface area contributed by atoms with Gasteiger partial charge in [0.05, 0.1) is 11.8 Å². The molecule has 3 aromatic rings. The van der Waals surface area contributed by atoms with E-state index in [0.29, 0.717) is 10.7 Å². The Bertz CT molecular complexity index is 969. The average Bonchev–Trinajstić information content (AvgIpc) is 2.58. The summed E-state index contributed by atoms with van der Waals surface area (Å²) in [6.07, 6.45) is 2.88. The lowest BCUT2D eigenvalue weighted by Crippen LogP contribution is -2.26. The number of carbonyl (C=O) groups excluding carboxylic acids is 1. The lowest BCUT2D eigenvalue weighted by atomic mass is 10.3. The fourth-order valence-electron chi connectivity index (χ4n) is 2.03.